The molecule has 0 amide bonds. The van der Waals surface area contributed by atoms with Crippen LogP contribution in [-0.2, 0) is 11.4 Å². The summed E-state index contributed by atoms with van der Waals surface area (Å²) < 4.78 is 8.00. The first kappa shape index (κ1) is 21.4. The zero-order valence-corrected chi connectivity index (χ0v) is 19.7. The maximum atomic E-state index is 13.1. The van der Waals surface area contributed by atoms with Gasteiger partial charge < -0.3 is 10.1 Å². The predicted octanol–water partition coefficient (Wildman–Crippen LogP) is 6.46. The molecule has 6 rings (SSSR count). The lowest BCUT2D eigenvalue weighted by molar-refractivity contribution is -0.116. The fraction of sp³-hybridized carbons (Fsp3) is 0.200. The minimum absolute atomic E-state index is 0.202. The standard InChI is InChI=1S/C30H27N3O2/c1-20-27(22-11-6-3-7-12-22)30-31-25-13-8-14-26(34)28(25)29(33(30)32-20)23-15-17-24(18-16-23)35-19-21-9-4-2-5-10-21/h2-7,9-12,15-18,29,31H,8,13-14,19H2,1H3/t29-/m1/s1. The van der Waals surface area contributed by atoms with Crippen LogP contribution in [0.5, 0.6) is 5.75 Å². The lowest BCUT2D eigenvalue weighted by atomic mass is 9.85. The van der Waals surface area contributed by atoms with Gasteiger partial charge in [-0.25, -0.2) is 4.68 Å². The van der Waals surface area contributed by atoms with E-state index < -0.39 is 0 Å². The lowest BCUT2D eigenvalue weighted by Crippen LogP contribution is -2.31. The van der Waals surface area contributed by atoms with Crippen molar-refractivity contribution in [2.45, 2.75) is 38.8 Å². The van der Waals surface area contributed by atoms with Crippen molar-refractivity contribution in [3.63, 3.8) is 0 Å². The van der Waals surface area contributed by atoms with Crippen molar-refractivity contribution < 1.29 is 9.53 Å². The first-order valence-corrected chi connectivity index (χ1v) is 12.1. The summed E-state index contributed by atoms with van der Waals surface area (Å²) in [6, 6.07) is 28.3. The van der Waals surface area contributed by atoms with Gasteiger partial charge in [-0.1, -0.05) is 72.8 Å². The highest BCUT2D eigenvalue weighted by atomic mass is 16.5. The van der Waals surface area contributed by atoms with Crippen LogP contribution in [0.3, 0.4) is 0 Å². The van der Waals surface area contributed by atoms with Gasteiger partial charge in [0.05, 0.1) is 5.69 Å². The Kier molecular flexibility index (Phi) is 5.45. The van der Waals surface area contributed by atoms with Gasteiger partial charge in [0.15, 0.2) is 5.78 Å². The first-order chi connectivity index (χ1) is 17.2. The number of allylic oxidation sites excluding steroid dienone is 2. The maximum absolute atomic E-state index is 13.1. The molecule has 0 saturated heterocycles. The van der Waals surface area contributed by atoms with Crippen LogP contribution < -0.4 is 10.1 Å². The smallest absolute Gasteiger partial charge is 0.163 e. The maximum Gasteiger partial charge on any atom is 0.163 e. The highest BCUT2D eigenvalue weighted by Crippen LogP contribution is 2.45. The van der Waals surface area contributed by atoms with E-state index in [1.807, 2.05) is 60.1 Å². The van der Waals surface area contributed by atoms with Gasteiger partial charge in [-0.15, -0.1) is 0 Å². The van der Waals surface area contributed by atoms with Crippen LogP contribution in [0.1, 0.15) is 42.1 Å². The molecule has 0 fully saturated rings. The summed E-state index contributed by atoms with van der Waals surface area (Å²) in [5.74, 6) is 1.96. The van der Waals surface area contributed by atoms with E-state index in [4.69, 9.17) is 9.84 Å². The van der Waals surface area contributed by atoms with Crippen LogP contribution in [0.4, 0.5) is 5.82 Å². The van der Waals surface area contributed by atoms with Gasteiger partial charge in [0.1, 0.15) is 24.2 Å². The van der Waals surface area contributed by atoms with Crippen molar-refractivity contribution in [3.05, 3.63) is 113 Å². The summed E-state index contributed by atoms with van der Waals surface area (Å²) in [5.41, 5.74) is 7.17. The third-order valence-corrected chi connectivity index (χ3v) is 6.84. The Morgan fingerprint density at radius 2 is 1.66 bits per heavy atom. The van der Waals surface area contributed by atoms with Crippen molar-refractivity contribution in [2.24, 2.45) is 0 Å². The van der Waals surface area contributed by atoms with Crippen molar-refractivity contribution in [3.8, 4) is 16.9 Å². The summed E-state index contributed by atoms with van der Waals surface area (Å²) in [4.78, 5) is 13.1. The largest absolute Gasteiger partial charge is 0.489 e. The summed E-state index contributed by atoms with van der Waals surface area (Å²) in [6.07, 6.45) is 2.32. The molecule has 1 aromatic heterocycles. The topological polar surface area (TPSA) is 56.2 Å². The zero-order valence-electron chi connectivity index (χ0n) is 19.7. The minimum atomic E-state index is -0.256. The fourth-order valence-electron chi connectivity index (χ4n) is 5.18. The number of ketones is 1. The predicted molar refractivity (Wildman–Crippen MR) is 137 cm³/mol. The van der Waals surface area contributed by atoms with Gasteiger partial charge in [-0.3, -0.25) is 4.79 Å². The Hall–Kier alpha value is -4.12. The second-order valence-corrected chi connectivity index (χ2v) is 9.16. The Balaban J connectivity index is 1.39. The molecule has 5 nitrogen and oxygen atoms in total. The molecule has 4 aromatic rings. The van der Waals surface area contributed by atoms with Gasteiger partial charge in [-0.05, 0) is 48.6 Å². The number of ether oxygens (including phenoxy) is 1. The Morgan fingerprint density at radius 3 is 2.40 bits per heavy atom. The number of carbonyl (C=O) groups excluding carboxylic acids is 1. The molecule has 1 atom stereocenters. The Bertz CT molecular complexity index is 1400. The number of nitrogens with zero attached hydrogens (tertiary/aromatic N) is 2. The van der Waals surface area contributed by atoms with E-state index in [0.29, 0.717) is 13.0 Å². The van der Waals surface area contributed by atoms with Crippen LogP contribution in [-0.4, -0.2) is 15.6 Å². The van der Waals surface area contributed by atoms with Crippen LogP contribution in [0, 0.1) is 6.92 Å². The number of benzene rings is 3. The molecule has 0 saturated carbocycles. The lowest BCUT2D eigenvalue weighted by Gasteiger charge is -2.33. The molecular weight excluding hydrogens is 434 g/mol. The van der Waals surface area contributed by atoms with E-state index in [1.165, 1.54) is 0 Å². The van der Waals surface area contributed by atoms with Gasteiger partial charge >= 0.3 is 0 Å². The molecule has 0 bridgehead atoms. The molecule has 0 radical (unpaired) electrons. The number of nitrogens with one attached hydrogen (secondary N) is 1. The highest BCUT2D eigenvalue weighted by Gasteiger charge is 2.37. The number of rotatable bonds is 5. The molecule has 2 heterocycles. The molecule has 1 N–H and O–H groups in total. The summed E-state index contributed by atoms with van der Waals surface area (Å²) in [7, 11) is 0. The summed E-state index contributed by atoms with van der Waals surface area (Å²) in [5, 5.41) is 8.55. The summed E-state index contributed by atoms with van der Waals surface area (Å²) in [6.45, 7) is 2.55. The monoisotopic (exact) mass is 461 g/mol. The van der Waals surface area contributed by atoms with Crippen LogP contribution in [0.25, 0.3) is 11.1 Å². The molecule has 174 valence electrons. The third-order valence-electron chi connectivity index (χ3n) is 6.84. The molecule has 2 aliphatic rings. The Morgan fingerprint density at radius 1 is 0.943 bits per heavy atom. The summed E-state index contributed by atoms with van der Waals surface area (Å²) >= 11 is 0. The normalized spacial score (nSPS) is 16.9. The van der Waals surface area contributed by atoms with E-state index in [-0.39, 0.29) is 11.8 Å². The van der Waals surface area contributed by atoms with Gasteiger partial charge in [0.2, 0.25) is 0 Å². The quantitative estimate of drug-likeness (QED) is 0.371. The van der Waals surface area contributed by atoms with E-state index in [9.17, 15) is 4.79 Å². The van der Waals surface area contributed by atoms with Crippen molar-refractivity contribution in [1.29, 1.82) is 0 Å². The van der Waals surface area contributed by atoms with Crippen molar-refractivity contribution >= 4 is 11.6 Å². The number of hydrogen-bond donors (Lipinski definition) is 1. The van der Waals surface area contributed by atoms with Crippen LogP contribution in [0.2, 0.25) is 0 Å². The molecule has 5 heteroatoms. The molecule has 0 spiro atoms. The molecular formula is C30H27N3O2. The number of fused-ring (bicyclic) bond motifs is 1. The number of aromatic nitrogens is 2. The third kappa shape index (κ3) is 3.93. The Labute approximate surface area is 205 Å². The average molecular weight is 462 g/mol. The number of aryl methyl sites for hydroxylation is 1. The molecule has 3 aromatic carbocycles. The number of hydrogen-bond acceptors (Lipinski definition) is 4. The fourth-order valence-corrected chi connectivity index (χ4v) is 5.18. The van der Waals surface area contributed by atoms with Crippen molar-refractivity contribution in [1.82, 2.24) is 9.78 Å². The van der Waals surface area contributed by atoms with E-state index in [0.717, 1.165) is 63.6 Å². The minimum Gasteiger partial charge on any atom is -0.489 e. The van der Waals surface area contributed by atoms with Gasteiger partial charge in [0, 0.05) is 23.3 Å². The molecule has 0 unspecified atom stereocenters. The van der Waals surface area contributed by atoms with Gasteiger partial charge in [0.25, 0.3) is 0 Å². The SMILES string of the molecule is Cc1nn2c(c1-c1ccccc1)NC1=C(C(=O)CCC1)[C@H]2c1ccc(OCc2ccccc2)cc1. The number of carbonyl (C=O) groups is 1. The molecule has 35 heavy (non-hydrogen) atoms. The average Bonchev–Trinajstić information content (AvgIpc) is 3.23. The van der Waals surface area contributed by atoms with Crippen LogP contribution >= 0.6 is 0 Å². The van der Waals surface area contributed by atoms with Crippen LogP contribution in [0.15, 0.2) is 96.2 Å². The number of Topliss-reactive ketones (excluding diaryl/α,β-unsaturated/α-hetero) is 1. The molecule has 1 aliphatic heterocycles. The van der Waals surface area contributed by atoms with E-state index in [2.05, 4.69) is 41.7 Å². The van der Waals surface area contributed by atoms with Crippen molar-refractivity contribution in [2.75, 3.05) is 5.32 Å². The first-order valence-electron chi connectivity index (χ1n) is 12.1. The zero-order chi connectivity index (χ0) is 23.8. The highest BCUT2D eigenvalue weighted by molar-refractivity contribution is 6.00. The second-order valence-electron chi connectivity index (χ2n) is 9.16. The number of anilines is 1. The van der Waals surface area contributed by atoms with E-state index >= 15 is 0 Å². The molecule has 1 aliphatic carbocycles. The van der Waals surface area contributed by atoms with Gasteiger partial charge in [-0.2, -0.15) is 5.10 Å². The van der Waals surface area contributed by atoms with E-state index in [1.54, 1.807) is 0 Å². The second kappa shape index (κ2) is 8.91.